The minimum absolute atomic E-state index is 0.266. The van der Waals surface area contributed by atoms with Gasteiger partial charge in [0.25, 0.3) is 0 Å². The minimum atomic E-state index is 0.266. The number of unbranched alkanes of at least 4 members (excludes halogenated alkanes) is 9. The smallest absolute Gasteiger partial charge is 0.122 e. The quantitative estimate of drug-likeness (QED) is 0.367. The third kappa shape index (κ3) is 10.5. The molecule has 1 aromatic rings. The van der Waals surface area contributed by atoms with Crippen LogP contribution in [-0.2, 0) is 0 Å². The summed E-state index contributed by atoms with van der Waals surface area (Å²) >= 11 is 4.23. The second-order valence-corrected chi connectivity index (χ2v) is 6.05. The fourth-order valence-electron chi connectivity index (χ4n) is 2.39. The standard InChI is InChI=1S/C18H30O2S/c19-17-12-11-13-18(16-17)20-14-9-7-5-3-1-2-4-6-8-10-15-21/h11-13,16,19,21H,1-10,14-15H2. The SMILES string of the molecule is Oc1cccc(OCCCCCCCCCCCCS)c1. The van der Waals surface area contributed by atoms with Crippen molar-refractivity contribution in [3.05, 3.63) is 24.3 Å². The van der Waals surface area contributed by atoms with Gasteiger partial charge in [0.2, 0.25) is 0 Å². The van der Waals surface area contributed by atoms with Crippen molar-refractivity contribution < 1.29 is 9.84 Å². The maximum Gasteiger partial charge on any atom is 0.122 e. The molecule has 0 atom stereocenters. The number of aromatic hydroxyl groups is 1. The predicted octanol–water partition coefficient (Wildman–Crippen LogP) is 5.60. The van der Waals surface area contributed by atoms with E-state index in [0.717, 1.165) is 24.5 Å². The highest BCUT2D eigenvalue weighted by molar-refractivity contribution is 7.80. The molecule has 0 bridgehead atoms. The summed E-state index contributed by atoms with van der Waals surface area (Å²) in [6, 6.07) is 7.01. The lowest BCUT2D eigenvalue weighted by molar-refractivity contribution is 0.302. The molecule has 0 spiro atoms. The zero-order valence-electron chi connectivity index (χ0n) is 13.1. The monoisotopic (exact) mass is 310 g/mol. The van der Waals surface area contributed by atoms with Crippen LogP contribution in [0.4, 0.5) is 0 Å². The van der Waals surface area contributed by atoms with Crippen LogP contribution in [0.25, 0.3) is 0 Å². The molecule has 1 rings (SSSR count). The van der Waals surface area contributed by atoms with Crippen LogP contribution in [0.5, 0.6) is 11.5 Å². The summed E-state index contributed by atoms with van der Waals surface area (Å²) in [7, 11) is 0. The first-order valence-electron chi connectivity index (χ1n) is 8.35. The summed E-state index contributed by atoms with van der Waals surface area (Å²) in [5.41, 5.74) is 0. The minimum Gasteiger partial charge on any atom is -0.508 e. The fraction of sp³-hybridized carbons (Fsp3) is 0.667. The largest absolute Gasteiger partial charge is 0.508 e. The van der Waals surface area contributed by atoms with Gasteiger partial charge in [0.05, 0.1) is 6.61 Å². The fourth-order valence-corrected chi connectivity index (χ4v) is 2.62. The lowest BCUT2D eigenvalue weighted by atomic mass is 10.1. The molecule has 0 amide bonds. The van der Waals surface area contributed by atoms with Crippen molar-refractivity contribution in [2.75, 3.05) is 12.4 Å². The molecule has 0 saturated heterocycles. The average molecular weight is 311 g/mol. The predicted molar refractivity (Wildman–Crippen MR) is 93.6 cm³/mol. The molecular weight excluding hydrogens is 280 g/mol. The van der Waals surface area contributed by atoms with Crippen LogP contribution in [0, 0.1) is 0 Å². The van der Waals surface area contributed by atoms with Crippen LogP contribution < -0.4 is 4.74 Å². The maximum atomic E-state index is 9.32. The molecule has 120 valence electrons. The summed E-state index contributed by atoms with van der Waals surface area (Å²) in [5.74, 6) is 2.06. The van der Waals surface area contributed by atoms with Gasteiger partial charge in [0.15, 0.2) is 0 Å². The van der Waals surface area contributed by atoms with Gasteiger partial charge in [0, 0.05) is 6.07 Å². The lowest BCUT2D eigenvalue weighted by Crippen LogP contribution is -1.97. The van der Waals surface area contributed by atoms with E-state index in [9.17, 15) is 5.11 Å². The molecule has 0 fully saturated rings. The summed E-state index contributed by atoms with van der Waals surface area (Å²) in [4.78, 5) is 0. The zero-order chi connectivity index (χ0) is 15.2. The first-order valence-corrected chi connectivity index (χ1v) is 8.99. The maximum absolute atomic E-state index is 9.32. The van der Waals surface area contributed by atoms with Gasteiger partial charge in [-0.05, 0) is 30.7 Å². The highest BCUT2D eigenvalue weighted by Gasteiger charge is 1.96. The van der Waals surface area contributed by atoms with Gasteiger partial charge in [-0.15, -0.1) is 0 Å². The molecular formula is C18H30O2S. The van der Waals surface area contributed by atoms with Crippen LogP contribution >= 0.6 is 12.6 Å². The highest BCUT2D eigenvalue weighted by atomic mass is 32.1. The third-order valence-electron chi connectivity index (χ3n) is 3.64. The van der Waals surface area contributed by atoms with Crippen molar-refractivity contribution in [2.24, 2.45) is 0 Å². The molecule has 2 nitrogen and oxygen atoms in total. The first-order chi connectivity index (χ1) is 10.3. The van der Waals surface area contributed by atoms with Crippen molar-refractivity contribution in [3.63, 3.8) is 0 Å². The Balaban J connectivity index is 1.82. The number of benzene rings is 1. The molecule has 1 N–H and O–H groups in total. The number of thiol groups is 1. The molecule has 21 heavy (non-hydrogen) atoms. The Morgan fingerprint density at radius 3 is 1.95 bits per heavy atom. The average Bonchev–Trinajstić information content (AvgIpc) is 2.48. The third-order valence-corrected chi connectivity index (χ3v) is 3.96. The Bertz CT molecular complexity index is 355. The van der Waals surface area contributed by atoms with Crippen molar-refractivity contribution >= 4 is 12.6 Å². The normalized spacial score (nSPS) is 10.7. The number of hydrogen-bond acceptors (Lipinski definition) is 3. The number of phenolic OH excluding ortho intramolecular Hbond substituents is 1. The molecule has 0 aliphatic carbocycles. The lowest BCUT2D eigenvalue weighted by Gasteiger charge is -2.06. The summed E-state index contributed by atoms with van der Waals surface area (Å²) in [6.45, 7) is 0.743. The van der Waals surface area contributed by atoms with Gasteiger partial charge in [0.1, 0.15) is 11.5 Å². The molecule has 0 saturated carbocycles. The number of rotatable bonds is 13. The summed E-state index contributed by atoms with van der Waals surface area (Å²) < 4.78 is 5.60. The van der Waals surface area contributed by atoms with E-state index in [1.54, 1.807) is 18.2 Å². The van der Waals surface area contributed by atoms with E-state index in [2.05, 4.69) is 12.6 Å². The van der Waals surface area contributed by atoms with Gasteiger partial charge >= 0.3 is 0 Å². The number of ether oxygens (including phenoxy) is 1. The Morgan fingerprint density at radius 2 is 1.38 bits per heavy atom. The van der Waals surface area contributed by atoms with Gasteiger partial charge in [-0.25, -0.2) is 0 Å². The topological polar surface area (TPSA) is 29.5 Å². The second-order valence-electron chi connectivity index (χ2n) is 5.60. The van der Waals surface area contributed by atoms with Crippen molar-refractivity contribution in [1.82, 2.24) is 0 Å². The Morgan fingerprint density at radius 1 is 0.810 bits per heavy atom. The summed E-state index contributed by atoms with van der Waals surface area (Å²) in [5, 5.41) is 9.32. The number of phenols is 1. The van der Waals surface area contributed by atoms with Crippen molar-refractivity contribution in [2.45, 2.75) is 64.2 Å². The van der Waals surface area contributed by atoms with Crippen LogP contribution in [0.15, 0.2) is 24.3 Å². The summed E-state index contributed by atoms with van der Waals surface area (Å²) in [6.07, 6.45) is 13.1. The Labute approximate surface area is 135 Å². The van der Waals surface area contributed by atoms with E-state index in [1.807, 2.05) is 6.07 Å². The van der Waals surface area contributed by atoms with Gasteiger partial charge in [-0.3, -0.25) is 0 Å². The van der Waals surface area contributed by atoms with E-state index in [-0.39, 0.29) is 5.75 Å². The molecule has 0 heterocycles. The number of hydrogen-bond donors (Lipinski definition) is 2. The van der Waals surface area contributed by atoms with Crippen LogP contribution in [-0.4, -0.2) is 17.5 Å². The Hall–Kier alpha value is -0.830. The Kier molecular flexibility index (Phi) is 11.2. The molecule has 0 aliphatic rings. The zero-order valence-corrected chi connectivity index (χ0v) is 14.0. The molecule has 0 aliphatic heterocycles. The molecule has 3 heteroatoms. The van der Waals surface area contributed by atoms with Crippen molar-refractivity contribution in [3.8, 4) is 11.5 Å². The van der Waals surface area contributed by atoms with Crippen molar-refractivity contribution in [1.29, 1.82) is 0 Å². The highest BCUT2D eigenvalue weighted by Crippen LogP contribution is 2.18. The molecule has 1 aromatic carbocycles. The van der Waals surface area contributed by atoms with Crippen LogP contribution in [0.1, 0.15) is 64.2 Å². The second kappa shape index (κ2) is 12.9. The van der Waals surface area contributed by atoms with E-state index in [1.165, 1.54) is 57.8 Å². The van der Waals surface area contributed by atoms with Crippen LogP contribution in [0.3, 0.4) is 0 Å². The van der Waals surface area contributed by atoms with E-state index >= 15 is 0 Å². The van der Waals surface area contributed by atoms with Gasteiger partial charge in [-0.1, -0.05) is 57.4 Å². The van der Waals surface area contributed by atoms with E-state index < -0.39 is 0 Å². The molecule has 0 unspecified atom stereocenters. The van der Waals surface area contributed by atoms with Gasteiger partial charge in [-0.2, -0.15) is 12.6 Å². The molecule has 0 aromatic heterocycles. The van der Waals surface area contributed by atoms with E-state index in [4.69, 9.17) is 4.74 Å². The van der Waals surface area contributed by atoms with E-state index in [0.29, 0.717) is 0 Å². The van der Waals surface area contributed by atoms with Crippen LogP contribution in [0.2, 0.25) is 0 Å². The van der Waals surface area contributed by atoms with Gasteiger partial charge < -0.3 is 9.84 Å². The first kappa shape index (κ1) is 18.2. The molecule has 0 radical (unpaired) electrons.